The number of ketones is 1. The minimum Gasteiger partial charge on any atom is -0.482 e. The van der Waals surface area contributed by atoms with Crippen molar-refractivity contribution in [2.45, 2.75) is 12.5 Å². The molecule has 1 saturated heterocycles. The fraction of sp³-hybridized carbons (Fsp3) is 0.400. The lowest BCUT2D eigenvalue weighted by atomic mass is 10.3. The summed E-state index contributed by atoms with van der Waals surface area (Å²) in [6.45, 7) is 0. The van der Waals surface area contributed by atoms with E-state index in [4.69, 9.17) is 4.74 Å². The fourth-order valence-corrected chi connectivity index (χ4v) is 0.800. The van der Waals surface area contributed by atoms with Crippen molar-refractivity contribution in [2.75, 3.05) is 0 Å². The molecule has 0 bridgehead atoms. The minimum absolute atomic E-state index is 0.201. The molecule has 1 heterocycles. The van der Waals surface area contributed by atoms with E-state index in [-0.39, 0.29) is 11.9 Å². The summed E-state index contributed by atoms with van der Waals surface area (Å²) in [5, 5.41) is 0. The van der Waals surface area contributed by atoms with Crippen molar-refractivity contribution in [1.82, 2.24) is 0 Å². The van der Waals surface area contributed by atoms with Crippen molar-refractivity contribution in [3.05, 3.63) is 11.8 Å². The summed E-state index contributed by atoms with van der Waals surface area (Å²) in [4.78, 5) is 10.3. The van der Waals surface area contributed by atoms with Crippen LogP contribution in [0.1, 0.15) is 6.42 Å². The van der Waals surface area contributed by atoms with Gasteiger partial charge in [-0.15, -0.1) is 0 Å². The minimum atomic E-state index is 0.201. The van der Waals surface area contributed by atoms with Gasteiger partial charge in [0.2, 0.25) is 0 Å². The largest absolute Gasteiger partial charge is 0.482 e. The van der Waals surface area contributed by atoms with Gasteiger partial charge in [-0.1, -0.05) is 0 Å². The van der Waals surface area contributed by atoms with Crippen LogP contribution in [0.3, 0.4) is 0 Å². The van der Waals surface area contributed by atoms with Crippen LogP contribution in [0.2, 0.25) is 0 Å². The number of epoxide rings is 1. The van der Waals surface area contributed by atoms with Crippen LogP contribution in [0.15, 0.2) is 11.8 Å². The average Bonchev–Trinajstić information content (AvgIpc) is 2.15. The lowest BCUT2D eigenvalue weighted by Gasteiger charge is -1.78. The van der Waals surface area contributed by atoms with Gasteiger partial charge in [0.1, 0.15) is 5.76 Å². The van der Waals surface area contributed by atoms with Gasteiger partial charge in [0.25, 0.3) is 0 Å². The van der Waals surface area contributed by atoms with Gasteiger partial charge in [0.15, 0.2) is 11.9 Å². The van der Waals surface area contributed by atoms with Crippen LogP contribution < -0.4 is 0 Å². The summed E-state index contributed by atoms with van der Waals surface area (Å²) in [5.41, 5.74) is 0. The molecule has 2 nitrogen and oxygen atoms in total. The van der Waals surface area contributed by atoms with Crippen molar-refractivity contribution < 1.29 is 9.53 Å². The molecule has 2 rings (SSSR count). The van der Waals surface area contributed by atoms with Crippen molar-refractivity contribution >= 4 is 5.78 Å². The van der Waals surface area contributed by atoms with E-state index >= 15 is 0 Å². The molecular weight excluding hydrogens is 92.1 g/mol. The molecule has 0 aromatic heterocycles. The molecular formula is C5H4O2. The number of ether oxygens (including phenoxy) is 1. The Kier molecular flexibility index (Phi) is 0.340. The Bertz CT molecular complexity index is 157. The normalized spacial score (nSPS) is 34.0. The van der Waals surface area contributed by atoms with Crippen LogP contribution >= 0.6 is 0 Å². The Morgan fingerprint density at radius 2 is 2.71 bits per heavy atom. The topological polar surface area (TPSA) is 29.6 Å². The Balaban J connectivity index is 2.38. The summed E-state index contributed by atoms with van der Waals surface area (Å²) >= 11 is 0. The highest BCUT2D eigenvalue weighted by Crippen LogP contribution is 2.35. The van der Waals surface area contributed by atoms with Gasteiger partial charge in [0, 0.05) is 6.08 Å². The maximum Gasteiger partial charge on any atom is 0.163 e. The average molecular weight is 96.1 g/mol. The molecule has 0 spiro atoms. The van der Waals surface area contributed by atoms with E-state index in [0.717, 1.165) is 5.76 Å². The third kappa shape index (κ3) is 0.308. The van der Waals surface area contributed by atoms with Crippen molar-refractivity contribution in [3.8, 4) is 0 Å². The lowest BCUT2D eigenvalue weighted by Crippen LogP contribution is -1.90. The van der Waals surface area contributed by atoms with E-state index < -0.39 is 0 Å². The summed E-state index contributed by atoms with van der Waals surface area (Å²) in [7, 11) is 0. The highest BCUT2D eigenvalue weighted by atomic mass is 16.6. The van der Waals surface area contributed by atoms with Crippen molar-refractivity contribution in [2.24, 2.45) is 0 Å². The Hall–Kier alpha value is -0.790. The van der Waals surface area contributed by atoms with E-state index in [1.165, 1.54) is 0 Å². The molecule has 0 amide bonds. The maximum absolute atomic E-state index is 10.3. The quantitative estimate of drug-likeness (QED) is 0.404. The van der Waals surface area contributed by atoms with E-state index in [1.54, 1.807) is 6.08 Å². The second-order valence-electron chi connectivity index (χ2n) is 1.82. The predicted molar refractivity (Wildman–Crippen MR) is 22.6 cm³/mol. The SMILES string of the molecule is O=C1C=C2OC2C1. The second kappa shape index (κ2) is 0.735. The molecule has 1 aliphatic heterocycles. The maximum atomic E-state index is 10.3. The molecule has 36 valence electrons. The summed E-state index contributed by atoms with van der Waals surface area (Å²) in [5.74, 6) is 1.11. The van der Waals surface area contributed by atoms with Crippen LogP contribution in [0, 0.1) is 0 Å². The molecule has 0 radical (unpaired) electrons. The van der Waals surface area contributed by atoms with Crippen LogP contribution in [-0.2, 0) is 9.53 Å². The van der Waals surface area contributed by atoms with E-state index in [2.05, 4.69) is 0 Å². The summed E-state index contributed by atoms with van der Waals surface area (Å²) in [6.07, 6.45) is 2.37. The Morgan fingerprint density at radius 1 is 1.86 bits per heavy atom. The molecule has 0 saturated carbocycles. The third-order valence-electron chi connectivity index (χ3n) is 1.23. The number of hydrogen-bond acceptors (Lipinski definition) is 2. The van der Waals surface area contributed by atoms with Crippen LogP contribution in [0.5, 0.6) is 0 Å². The zero-order valence-electron chi connectivity index (χ0n) is 3.68. The van der Waals surface area contributed by atoms with Gasteiger partial charge in [-0.2, -0.15) is 0 Å². The molecule has 7 heavy (non-hydrogen) atoms. The first kappa shape index (κ1) is 3.24. The lowest BCUT2D eigenvalue weighted by molar-refractivity contribution is -0.114. The second-order valence-corrected chi connectivity index (χ2v) is 1.82. The fourth-order valence-electron chi connectivity index (χ4n) is 0.800. The van der Waals surface area contributed by atoms with Gasteiger partial charge in [-0.3, -0.25) is 4.79 Å². The number of carbonyl (C=O) groups is 1. The zero-order chi connectivity index (χ0) is 4.85. The van der Waals surface area contributed by atoms with Gasteiger partial charge in [0.05, 0.1) is 6.42 Å². The van der Waals surface area contributed by atoms with Crippen LogP contribution in [0.25, 0.3) is 0 Å². The highest BCUT2D eigenvalue weighted by Gasteiger charge is 2.40. The number of allylic oxidation sites excluding steroid dienone is 1. The Morgan fingerprint density at radius 3 is 3.00 bits per heavy atom. The predicted octanol–water partition coefficient (Wildman–Crippen LogP) is 0.242. The van der Waals surface area contributed by atoms with E-state index in [9.17, 15) is 4.79 Å². The number of carbonyl (C=O) groups excluding carboxylic acids is 1. The van der Waals surface area contributed by atoms with Crippen LogP contribution in [0.4, 0.5) is 0 Å². The van der Waals surface area contributed by atoms with Gasteiger partial charge < -0.3 is 4.74 Å². The first-order valence-corrected chi connectivity index (χ1v) is 2.27. The molecule has 0 aromatic carbocycles. The smallest absolute Gasteiger partial charge is 0.163 e. The molecule has 1 atom stereocenters. The molecule has 2 heteroatoms. The molecule has 1 aliphatic carbocycles. The number of fused-ring (bicyclic) bond motifs is 1. The van der Waals surface area contributed by atoms with Crippen LogP contribution in [-0.4, -0.2) is 11.9 Å². The first-order chi connectivity index (χ1) is 3.36. The molecule has 1 fully saturated rings. The van der Waals surface area contributed by atoms with Gasteiger partial charge >= 0.3 is 0 Å². The number of rotatable bonds is 0. The molecule has 1 unspecified atom stereocenters. The van der Waals surface area contributed by atoms with Crippen molar-refractivity contribution in [3.63, 3.8) is 0 Å². The Labute approximate surface area is 40.8 Å². The van der Waals surface area contributed by atoms with Gasteiger partial charge in [-0.05, 0) is 0 Å². The molecule has 2 aliphatic rings. The summed E-state index contributed by atoms with van der Waals surface area (Å²) < 4.78 is 4.86. The zero-order valence-corrected chi connectivity index (χ0v) is 3.68. The van der Waals surface area contributed by atoms with Gasteiger partial charge in [-0.25, -0.2) is 0 Å². The number of hydrogen-bond donors (Lipinski definition) is 0. The highest BCUT2D eigenvalue weighted by molar-refractivity contribution is 5.94. The molecule has 0 N–H and O–H groups in total. The van der Waals surface area contributed by atoms with Crippen molar-refractivity contribution in [1.29, 1.82) is 0 Å². The van der Waals surface area contributed by atoms with E-state index in [0.29, 0.717) is 6.42 Å². The third-order valence-corrected chi connectivity index (χ3v) is 1.23. The summed E-state index contributed by atoms with van der Waals surface area (Å²) in [6, 6.07) is 0. The molecule has 0 aromatic rings. The monoisotopic (exact) mass is 96.0 g/mol. The standard InChI is InChI=1S/C5H4O2/c6-3-1-4-5(2-3)7-4/h1,5H,2H2. The van der Waals surface area contributed by atoms with E-state index in [1.807, 2.05) is 0 Å². The first-order valence-electron chi connectivity index (χ1n) is 2.27.